The Balaban J connectivity index is 1.39. The van der Waals surface area contributed by atoms with Gasteiger partial charge in [-0.25, -0.2) is 0 Å². The second-order valence-electron chi connectivity index (χ2n) is 12.8. The van der Waals surface area contributed by atoms with Gasteiger partial charge in [0.05, 0.1) is 18.8 Å². The van der Waals surface area contributed by atoms with Gasteiger partial charge in [0.15, 0.2) is 6.79 Å². The number of hydrogen-bond acceptors (Lipinski definition) is 5. The van der Waals surface area contributed by atoms with Crippen LogP contribution in [0.5, 0.6) is 11.5 Å². The van der Waals surface area contributed by atoms with Crippen LogP contribution in [0.3, 0.4) is 0 Å². The number of methoxy groups -OCH3 is 1. The first-order valence-electron chi connectivity index (χ1n) is 15.5. The average Bonchev–Trinajstić information content (AvgIpc) is 3.00. The zero-order chi connectivity index (χ0) is 29.4. The number of benzene rings is 4. The van der Waals surface area contributed by atoms with Crippen LogP contribution >= 0.6 is 0 Å². The van der Waals surface area contributed by atoms with Crippen LogP contribution in [0.4, 0.5) is 5.69 Å². The summed E-state index contributed by atoms with van der Waals surface area (Å²) < 4.78 is 17.2. The van der Waals surface area contributed by atoms with Crippen molar-refractivity contribution < 1.29 is 24.1 Å². The lowest BCUT2D eigenvalue weighted by Crippen LogP contribution is -2.48. The van der Waals surface area contributed by atoms with E-state index in [0.29, 0.717) is 30.2 Å². The molecule has 0 aromatic heterocycles. The zero-order valence-corrected chi connectivity index (χ0v) is 24.7. The third kappa shape index (κ3) is 5.50. The first kappa shape index (κ1) is 27.9. The van der Waals surface area contributed by atoms with Crippen LogP contribution in [-0.4, -0.2) is 38.1 Å². The molecule has 0 atom stereocenters. The summed E-state index contributed by atoms with van der Waals surface area (Å²) in [6, 6.07) is 25.6. The summed E-state index contributed by atoms with van der Waals surface area (Å²) in [5, 5.41) is 15.1. The zero-order valence-electron chi connectivity index (χ0n) is 24.7. The molecule has 0 spiro atoms. The molecular weight excluding hydrogens is 538 g/mol. The number of phenols is 1. The highest BCUT2D eigenvalue weighted by atomic mass is 16.7. The summed E-state index contributed by atoms with van der Waals surface area (Å²) in [5.74, 6) is 2.76. The Morgan fingerprint density at radius 3 is 2.28 bits per heavy atom. The number of fused-ring (bicyclic) bond motifs is 1. The molecule has 222 valence electrons. The van der Waals surface area contributed by atoms with E-state index in [2.05, 4.69) is 47.8 Å². The van der Waals surface area contributed by atoms with Crippen molar-refractivity contribution in [3.8, 4) is 22.6 Å². The number of carbonyl (C=O) groups excluding carboxylic acids is 1. The van der Waals surface area contributed by atoms with Gasteiger partial charge in [0.25, 0.3) is 5.91 Å². The summed E-state index contributed by atoms with van der Waals surface area (Å²) >= 11 is 0. The second kappa shape index (κ2) is 11.7. The lowest BCUT2D eigenvalue weighted by Gasteiger charge is -2.57. The van der Waals surface area contributed by atoms with Crippen molar-refractivity contribution in [1.82, 2.24) is 0 Å². The molecule has 6 heteroatoms. The highest BCUT2D eigenvalue weighted by molar-refractivity contribution is 6.13. The summed E-state index contributed by atoms with van der Waals surface area (Å²) in [6.45, 7) is 0.880. The van der Waals surface area contributed by atoms with Gasteiger partial charge >= 0.3 is 0 Å². The Morgan fingerprint density at radius 2 is 1.56 bits per heavy atom. The molecule has 43 heavy (non-hydrogen) atoms. The molecule has 4 aliphatic rings. The van der Waals surface area contributed by atoms with E-state index in [1.165, 1.54) is 44.1 Å². The number of carbonyl (C=O) groups is 1. The molecule has 0 aliphatic heterocycles. The average molecular weight is 578 g/mol. The predicted octanol–water partition coefficient (Wildman–Crippen LogP) is 7.93. The van der Waals surface area contributed by atoms with Crippen LogP contribution < -0.4 is 10.1 Å². The van der Waals surface area contributed by atoms with Gasteiger partial charge < -0.3 is 24.6 Å². The molecule has 2 N–H and O–H groups in total. The quantitative estimate of drug-likeness (QED) is 0.114. The van der Waals surface area contributed by atoms with Crippen LogP contribution in [-0.2, 0) is 14.9 Å². The van der Waals surface area contributed by atoms with Gasteiger partial charge in [-0.3, -0.25) is 4.79 Å². The van der Waals surface area contributed by atoms with Gasteiger partial charge in [-0.1, -0.05) is 42.5 Å². The number of anilines is 1. The molecule has 4 saturated carbocycles. The smallest absolute Gasteiger partial charge is 0.260 e. The minimum Gasteiger partial charge on any atom is -0.508 e. The Kier molecular flexibility index (Phi) is 7.58. The molecule has 8 rings (SSSR count). The van der Waals surface area contributed by atoms with Crippen molar-refractivity contribution in [1.29, 1.82) is 0 Å². The predicted molar refractivity (Wildman–Crippen MR) is 169 cm³/mol. The molecule has 0 heterocycles. The van der Waals surface area contributed by atoms with E-state index in [4.69, 9.17) is 14.2 Å². The first-order valence-corrected chi connectivity index (χ1v) is 15.5. The van der Waals surface area contributed by atoms with Crippen LogP contribution in [0.1, 0.15) is 54.4 Å². The number of ether oxygens (including phenoxy) is 3. The third-order valence-corrected chi connectivity index (χ3v) is 9.91. The van der Waals surface area contributed by atoms with Crippen LogP contribution in [0.15, 0.2) is 78.9 Å². The lowest BCUT2D eigenvalue weighted by atomic mass is 9.48. The van der Waals surface area contributed by atoms with Crippen LogP contribution in [0, 0.1) is 17.8 Å². The van der Waals surface area contributed by atoms with Gasteiger partial charge in [-0.05, 0) is 126 Å². The van der Waals surface area contributed by atoms with E-state index in [1.54, 1.807) is 31.4 Å². The molecule has 4 fully saturated rings. The topological polar surface area (TPSA) is 77.0 Å². The molecule has 0 radical (unpaired) electrons. The number of rotatable bonds is 10. The maximum Gasteiger partial charge on any atom is 0.260 e. The van der Waals surface area contributed by atoms with E-state index in [-0.39, 0.29) is 23.9 Å². The summed E-state index contributed by atoms with van der Waals surface area (Å²) in [7, 11) is 1.64. The minimum atomic E-state index is -0.266. The fraction of sp³-hybridized carbons (Fsp3) is 0.378. The van der Waals surface area contributed by atoms with Crippen molar-refractivity contribution >= 4 is 22.4 Å². The second-order valence-corrected chi connectivity index (χ2v) is 12.8. The number of phenolic OH excluding ortho intramolecular Hbond substituents is 1. The van der Waals surface area contributed by atoms with Gasteiger partial charge in [-0.15, -0.1) is 0 Å². The standard InChI is InChI=1S/C37H39NO5/c1-41-13-14-42-23-43-34-19-28(37-20-24-15-25(21-37)17-26(16-24)22-37)18-33(32-8-4-6-27-5-2-3-7-31(27)32)35(34)36(40)38-29-9-11-30(39)12-10-29/h2-12,18-19,24-26,39H,13-17,20-23H2,1H3,(H,38,40). The Labute approximate surface area is 253 Å². The van der Waals surface area contributed by atoms with Crippen LogP contribution in [0.25, 0.3) is 21.9 Å². The van der Waals surface area contributed by atoms with Gasteiger partial charge in [0, 0.05) is 12.8 Å². The van der Waals surface area contributed by atoms with Crippen molar-refractivity contribution in [2.45, 2.75) is 43.9 Å². The fourth-order valence-electron chi connectivity index (χ4n) is 8.45. The monoisotopic (exact) mass is 577 g/mol. The normalized spacial score (nSPS) is 23.9. The van der Waals surface area contributed by atoms with Crippen LogP contribution in [0.2, 0.25) is 0 Å². The van der Waals surface area contributed by atoms with E-state index < -0.39 is 0 Å². The van der Waals surface area contributed by atoms with Crippen molar-refractivity contribution in [3.05, 3.63) is 90.0 Å². The first-order chi connectivity index (χ1) is 21.0. The molecule has 4 bridgehead atoms. The highest BCUT2D eigenvalue weighted by Crippen LogP contribution is 2.61. The molecule has 0 unspecified atom stereocenters. The molecular formula is C37H39NO5. The lowest BCUT2D eigenvalue weighted by molar-refractivity contribution is -0.0108. The van der Waals surface area contributed by atoms with Gasteiger partial charge in [0.2, 0.25) is 0 Å². The largest absolute Gasteiger partial charge is 0.508 e. The fourth-order valence-corrected chi connectivity index (χ4v) is 8.45. The maximum absolute atomic E-state index is 14.2. The Hall–Kier alpha value is -3.87. The number of nitrogens with one attached hydrogen (secondary N) is 1. The van der Waals surface area contributed by atoms with E-state index >= 15 is 0 Å². The maximum atomic E-state index is 14.2. The van der Waals surface area contributed by atoms with Crippen molar-refractivity contribution in [3.63, 3.8) is 0 Å². The van der Waals surface area contributed by atoms with Gasteiger partial charge in [-0.2, -0.15) is 0 Å². The summed E-state index contributed by atoms with van der Waals surface area (Å²) in [5.41, 5.74) is 4.34. The Bertz CT molecular complexity index is 1590. The van der Waals surface area contributed by atoms with Gasteiger partial charge in [0.1, 0.15) is 11.5 Å². The number of aromatic hydroxyl groups is 1. The molecule has 0 saturated heterocycles. The summed E-state index contributed by atoms with van der Waals surface area (Å²) in [6.07, 6.45) is 7.70. The molecule has 4 aliphatic carbocycles. The van der Waals surface area contributed by atoms with E-state index in [0.717, 1.165) is 39.7 Å². The molecule has 6 nitrogen and oxygen atoms in total. The molecule has 4 aromatic carbocycles. The highest BCUT2D eigenvalue weighted by Gasteiger charge is 2.52. The minimum absolute atomic E-state index is 0.0160. The molecule has 4 aromatic rings. The van der Waals surface area contributed by atoms with E-state index in [9.17, 15) is 9.90 Å². The third-order valence-electron chi connectivity index (χ3n) is 9.91. The van der Waals surface area contributed by atoms with Crippen molar-refractivity contribution in [2.75, 3.05) is 32.4 Å². The van der Waals surface area contributed by atoms with E-state index in [1.807, 2.05) is 12.1 Å². The SMILES string of the molecule is COCCOCOc1cc(C23CC4CC(CC(C4)C2)C3)cc(-c2cccc3ccccc23)c1C(=O)Nc1ccc(O)cc1. The summed E-state index contributed by atoms with van der Waals surface area (Å²) in [4.78, 5) is 14.2. The number of amides is 1. The Morgan fingerprint density at radius 1 is 0.860 bits per heavy atom. The number of hydrogen-bond donors (Lipinski definition) is 2. The molecule has 1 amide bonds. The van der Waals surface area contributed by atoms with Crippen molar-refractivity contribution in [2.24, 2.45) is 17.8 Å².